The van der Waals surface area contributed by atoms with Crippen molar-refractivity contribution in [1.29, 1.82) is 0 Å². The maximum absolute atomic E-state index is 9.22. The van der Waals surface area contributed by atoms with Crippen LogP contribution >= 0.6 is 15.9 Å². The summed E-state index contributed by atoms with van der Waals surface area (Å²) in [4.78, 5) is 0. The zero-order valence-corrected chi connectivity index (χ0v) is 14.8. The van der Waals surface area contributed by atoms with Gasteiger partial charge in [0.15, 0.2) is 6.23 Å². The first kappa shape index (κ1) is 16.0. The summed E-state index contributed by atoms with van der Waals surface area (Å²) in [5.41, 5.74) is 3.62. The van der Waals surface area contributed by atoms with Crippen molar-refractivity contribution >= 4 is 26.8 Å². The highest BCUT2D eigenvalue weighted by molar-refractivity contribution is 9.10. The van der Waals surface area contributed by atoms with Crippen LogP contribution in [-0.2, 0) is 4.74 Å². The molecule has 1 saturated heterocycles. The van der Waals surface area contributed by atoms with Crippen LogP contribution in [0.25, 0.3) is 10.9 Å². The number of aromatic nitrogens is 2. The Morgan fingerprint density at radius 2 is 2.32 bits per heavy atom. The molecule has 2 unspecified atom stereocenters. The highest BCUT2D eigenvalue weighted by atomic mass is 79.9. The number of halogens is 1. The molecule has 22 heavy (non-hydrogen) atoms. The van der Waals surface area contributed by atoms with Crippen molar-refractivity contribution in [2.24, 2.45) is 0 Å². The minimum absolute atomic E-state index is 0.0539. The second-order valence-electron chi connectivity index (χ2n) is 6.18. The minimum atomic E-state index is 0.0539. The van der Waals surface area contributed by atoms with Gasteiger partial charge in [-0.1, -0.05) is 6.92 Å². The van der Waals surface area contributed by atoms with E-state index < -0.39 is 0 Å². The highest BCUT2D eigenvalue weighted by Gasteiger charge is 2.22. The second-order valence-corrected chi connectivity index (χ2v) is 6.97. The van der Waals surface area contributed by atoms with E-state index in [9.17, 15) is 5.11 Å². The first-order valence-corrected chi connectivity index (χ1v) is 8.81. The van der Waals surface area contributed by atoms with E-state index in [0.717, 1.165) is 41.2 Å². The van der Waals surface area contributed by atoms with E-state index in [1.807, 2.05) is 10.9 Å². The van der Waals surface area contributed by atoms with Gasteiger partial charge in [0, 0.05) is 23.1 Å². The quantitative estimate of drug-likeness (QED) is 0.877. The first-order chi connectivity index (χ1) is 10.6. The molecule has 1 aliphatic rings. The molecule has 1 N–H and O–H groups in total. The Morgan fingerprint density at radius 1 is 1.50 bits per heavy atom. The van der Waals surface area contributed by atoms with E-state index in [1.165, 1.54) is 17.5 Å². The monoisotopic (exact) mass is 366 g/mol. The Labute approximate surface area is 139 Å². The number of benzene rings is 1. The Balaban J connectivity index is 2.06. The van der Waals surface area contributed by atoms with Crippen molar-refractivity contribution in [2.45, 2.75) is 51.7 Å². The average molecular weight is 367 g/mol. The Bertz CT molecular complexity index is 662. The SMILES string of the molecule is Cc1cc2c(cnn2C2CCCCO2)c(Br)c1C(C)CCO. The zero-order valence-electron chi connectivity index (χ0n) is 13.2. The second kappa shape index (κ2) is 6.69. The van der Waals surface area contributed by atoms with Crippen LogP contribution in [0.1, 0.15) is 55.9 Å². The van der Waals surface area contributed by atoms with Crippen LogP contribution in [0.4, 0.5) is 0 Å². The lowest BCUT2D eigenvalue weighted by atomic mass is 9.93. The van der Waals surface area contributed by atoms with Gasteiger partial charge < -0.3 is 9.84 Å². The minimum Gasteiger partial charge on any atom is -0.396 e. The van der Waals surface area contributed by atoms with E-state index >= 15 is 0 Å². The Hall–Kier alpha value is -0.910. The summed E-state index contributed by atoms with van der Waals surface area (Å²) in [5.74, 6) is 0.318. The first-order valence-electron chi connectivity index (χ1n) is 8.02. The molecule has 0 amide bonds. The Kier molecular flexibility index (Phi) is 4.85. The Morgan fingerprint density at radius 3 is 3.00 bits per heavy atom. The molecule has 1 aliphatic heterocycles. The number of hydrogen-bond donors (Lipinski definition) is 1. The molecule has 0 aliphatic carbocycles. The fourth-order valence-electron chi connectivity index (χ4n) is 3.37. The molecule has 0 saturated carbocycles. The summed E-state index contributed by atoms with van der Waals surface area (Å²) in [6.07, 6.45) is 6.10. The van der Waals surface area contributed by atoms with Gasteiger partial charge in [0.1, 0.15) is 0 Å². The molecular formula is C17H23BrN2O2. The highest BCUT2D eigenvalue weighted by Crippen LogP contribution is 2.37. The molecule has 2 heterocycles. The van der Waals surface area contributed by atoms with Crippen molar-refractivity contribution in [3.05, 3.63) is 27.9 Å². The lowest BCUT2D eigenvalue weighted by molar-refractivity contribution is -0.0366. The van der Waals surface area contributed by atoms with Crippen LogP contribution in [0.2, 0.25) is 0 Å². The van der Waals surface area contributed by atoms with Gasteiger partial charge in [0.25, 0.3) is 0 Å². The van der Waals surface area contributed by atoms with Gasteiger partial charge in [-0.3, -0.25) is 0 Å². The molecule has 0 bridgehead atoms. The maximum Gasteiger partial charge on any atom is 0.150 e. The third-order valence-corrected chi connectivity index (χ3v) is 5.42. The number of nitrogens with zero attached hydrogens (tertiary/aromatic N) is 2. The summed E-state index contributed by atoms with van der Waals surface area (Å²) in [5, 5.41) is 14.9. The van der Waals surface area contributed by atoms with Crippen molar-refractivity contribution in [2.75, 3.05) is 13.2 Å². The third kappa shape index (κ3) is 2.82. The molecular weight excluding hydrogens is 344 g/mol. The predicted molar refractivity (Wildman–Crippen MR) is 91.1 cm³/mol. The molecule has 3 rings (SSSR count). The van der Waals surface area contributed by atoms with Crippen LogP contribution in [0.3, 0.4) is 0 Å². The number of ether oxygens (including phenoxy) is 1. The number of aryl methyl sites for hydroxylation is 1. The topological polar surface area (TPSA) is 47.3 Å². The van der Waals surface area contributed by atoms with Crippen LogP contribution in [0.15, 0.2) is 16.7 Å². The van der Waals surface area contributed by atoms with Crippen molar-refractivity contribution in [3.63, 3.8) is 0 Å². The maximum atomic E-state index is 9.22. The summed E-state index contributed by atoms with van der Waals surface area (Å²) < 4.78 is 9.00. The van der Waals surface area contributed by atoms with Crippen molar-refractivity contribution < 1.29 is 9.84 Å². The van der Waals surface area contributed by atoms with Gasteiger partial charge >= 0.3 is 0 Å². The number of rotatable bonds is 4. The normalized spacial score (nSPS) is 20.5. The molecule has 2 aromatic rings. The molecule has 1 aromatic heterocycles. The lowest BCUT2D eigenvalue weighted by Gasteiger charge is -2.24. The summed E-state index contributed by atoms with van der Waals surface area (Å²) in [6.45, 7) is 5.31. The van der Waals surface area contributed by atoms with Crippen LogP contribution < -0.4 is 0 Å². The van der Waals surface area contributed by atoms with Gasteiger partial charge in [-0.05, 0) is 71.6 Å². The van der Waals surface area contributed by atoms with E-state index in [4.69, 9.17) is 4.74 Å². The molecule has 0 radical (unpaired) electrons. The van der Waals surface area contributed by atoms with Gasteiger partial charge in [-0.25, -0.2) is 4.68 Å². The van der Waals surface area contributed by atoms with Crippen LogP contribution in [0, 0.1) is 6.92 Å². The van der Waals surface area contributed by atoms with E-state index in [2.05, 4.69) is 40.9 Å². The average Bonchev–Trinajstić information content (AvgIpc) is 2.92. The van der Waals surface area contributed by atoms with Gasteiger partial charge in [0.2, 0.25) is 0 Å². The fourth-order valence-corrected chi connectivity index (χ4v) is 4.38. The largest absolute Gasteiger partial charge is 0.396 e. The van der Waals surface area contributed by atoms with E-state index in [-0.39, 0.29) is 12.8 Å². The van der Waals surface area contributed by atoms with E-state index in [0.29, 0.717) is 5.92 Å². The fraction of sp³-hybridized carbons (Fsp3) is 0.588. The lowest BCUT2D eigenvalue weighted by Crippen LogP contribution is -2.19. The molecule has 1 fully saturated rings. The standard InChI is InChI=1S/C17H23BrN2O2/c1-11(6-7-21)16-12(2)9-14-13(17(16)18)10-19-20(14)15-5-3-4-8-22-15/h9-11,15,21H,3-8H2,1-2H3. The van der Waals surface area contributed by atoms with Crippen LogP contribution in [0.5, 0.6) is 0 Å². The van der Waals surface area contributed by atoms with Gasteiger partial charge in [0.05, 0.1) is 11.7 Å². The number of aliphatic hydroxyl groups excluding tert-OH is 1. The van der Waals surface area contributed by atoms with Crippen LogP contribution in [-0.4, -0.2) is 28.1 Å². The molecule has 0 spiro atoms. The third-order valence-electron chi connectivity index (χ3n) is 4.57. The molecule has 1 aromatic carbocycles. The van der Waals surface area contributed by atoms with Crippen molar-refractivity contribution in [1.82, 2.24) is 9.78 Å². The molecule has 5 heteroatoms. The number of fused-ring (bicyclic) bond motifs is 1. The summed E-state index contributed by atoms with van der Waals surface area (Å²) in [6, 6.07) is 2.20. The molecule has 120 valence electrons. The van der Waals surface area contributed by atoms with Gasteiger partial charge in [-0.15, -0.1) is 0 Å². The van der Waals surface area contributed by atoms with Crippen molar-refractivity contribution in [3.8, 4) is 0 Å². The number of aliphatic hydroxyl groups is 1. The molecule has 2 atom stereocenters. The number of hydrogen-bond acceptors (Lipinski definition) is 3. The van der Waals surface area contributed by atoms with Gasteiger partial charge in [-0.2, -0.15) is 5.10 Å². The zero-order chi connectivity index (χ0) is 15.7. The summed E-state index contributed by atoms with van der Waals surface area (Å²) >= 11 is 3.76. The predicted octanol–water partition coefficient (Wildman–Crippen LogP) is 4.29. The smallest absolute Gasteiger partial charge is 0.150 e. The summed E-state index contributed by atoms with van der Waals surface area (Å²) in [7, 11) is 0. The molecule has 4 nitrogen and oxygen atoms in total. The van der Waals surface area contributed by atoms with E-state index in [1.54, 1.807) is 0 Å².